The van der Waals surface area contributed by atoms with E-state index in [0.717, 1.165) is 44.8 Å². The van der Waals surface area contributed by atoms with E-state index in [2.05, 4.69) is 0 Å². The maximum absolute atomic E-state index is 10.5. The first-order valence-electron chi connectivity index (χ1n) is 9.00. The quantitative estimate of drug-likeness (QED) is 0.389. The second-order valence-corrected chi connectivity index (χ2v) is 7.37. The molecule has 0 fully saturated rings. The summed E-state index contributed by atoms with van der Waals surface area (Å²) in [6, 6.07) is 22.4. The van der Waals surface area contributed by atoms with E-state index in [0.29, 0.717) is 11.4 Å². The lowest BCUT2D eigenvalue weighted by atomic mass is 9.96. The van der Waals surface area contributed by atoms with Gasteiger partial charge in [-0.25, -0.2) is 4.98 Å². The lowest BCUT2D eigenvalue weighted by Gasteiger charge is -2.13. The summed E-state index contributed by atoms with van der Waals surface area (Å²) in [7, 11) is 0. The average Bonchev–Trinajstić information content (AvgIpc) is 3.07. The lowest BCUT2D eigenvalue weighted by Crippen LogP contribution is -1.94. The van der Waals surface area contributed by atoms with Gasteiger partial charge in [0.15, 0.2) is 0 Å². The van der Waals surface area contributed by atoms with Crippen LogP contribution < -0.4 is 0 Å². The molecule has 0 saturated carbocycles. The van der Waals surface area contributed by atoms with E-state index in [1.165, 1.54) is 0 Å². The van der Waals surface area contributed by atoms with Crippen molar-refractivity contribution in [2.45, 2.75) is 6.42 Å². The highest BCUT2D eigenvalue weighted by atomic mass is 35.5. The molecule has 2 N–H and O–H groups in total. The molecule has 1 aliphatic rings. The first-order chi connectivity index (χ1) is 13.6. The average molecular weight is 386 g/mol. The van der Waals surface area contributed by atoms with Crippen LogP contribution in [0, 0.1) is 0 Å². The SMILES string of the molecule is Oc1cccc(-c2cc(-c3cccc(Cl)c3)nc3c2Cc2cccc(O)c2-3)c1. The summed E-state index contributed by atoms with van der Waals surface area (Å²) in [5, 5.41) is 21.1. The molecular weight excluding hydrogens is 370 g/mol. The maximum Gasteiger partial charge on any atom is 0.125 e. The number of halogens is 1. The van der Waals surface area contributed by atoms with Crippen LogP contribution in [0.3, 0.4) is 0 Å². The van der Waals surface area contributed by atoms with Gasteiger partial charge in [0.1, 0.15) is 11.5 Å². The Morgan fingerprint density at radius 3 is 2.43 bits per heavy atom. The van der Waals surface area contributed by atoms with Crippen LogP contribution in [-0.4, -0.2) is 15.2 Å². The molecule has 0 aliphatic heterocycles. The van der Waals surface area contributed by atoms with E-state index in [1.807, 2.05) is 54.6 Å². The van der Waals surface area contributed by atoms with Crippen molar-refractivity contribution in [3.8, 4) is 45.1 Å². The molecule has 3 nitrogen and oxygen atoms in total. The van der Waals surface area contributed by atoms with Crippen molar-refractivity contribution in [2.24, 2.45) is 0 Å². The highest BCUT2D eigenvalue weighted by Crippen LogP contribution is 2.46. The largest absolute Gasteiger partial charge is 0.508 e. The molecule has 0 amide bonds. The first kappa shape index (κ1) is 16.8. The summed E-state index contributed by atoms with van der Waals surface area (Å²) in [4.78, 5) is 4.89. The van der Waals surface area contributed by atoms with Gasteiger partial charge in [0, 0.05) is 22.6 Å². The maximum atomic E-state index is 10.5. The normalized spacial score (nSPS) is 11.9. The van der Waals surface area contributed by atoms with Crippen molar-refractivity contribution < 1.29 is 10.2 Å². The van der Waals surface area contributed by atoms with Gasteiger partial charge in [-0.1, -0.05) is 48.0 Å². The predicted octanol–water partition coefficient (Wildman–Crippen LogP) is 6.05. The van der Waals surface area contributed by atoms with Gasteiger partial charge in [-0.15, -0.1) is 0 Å². The van der Waals surface area contributed by atoms with E-state index in [-0.39, 0.29) is 11.5 Å². The number of hydrogen-bond acceptors (Lipinski definition) is 3. The molecule has 4 aromatic rings. The van der Waals surface area contributed by atoms with E-state index in [1.54, 1.807) is 18.2 Å². The number of phenolic OH excluding ortho intramolecular Hbond substituents is 2. The van der Waals surface area contributed by atoms with Crippen LogP contribution in [0.1, 0.15) is 11.1 Å². The van der Waals surface area contributed by atoms with Crippen LogP contribution in [0.5, 0.6) is 11.5 Å². The van der Waals surface area contributed by atoms with Crippen LogP contribution in [0.25, 0.3) is 33.6 Å². The van der Waals surface area contributed by atoms with Crippen molar-refractivity contribution in [1.82, 2.24) is 4.98 Å². The topological polar surface area (TPSA) is 53.4 Å². The molecule has 0 radical (unpaired) electrons. The first-order valence-corrected chi connectivity index (χ1v) is 9.38. The molecule has 3 aromatic carbocycles. The van der Waals surface area contributed by atoms with Crippen LogP contribution >= 0.6 is 11.6 Å². The predicted molar refractivity (Wildman–Crippen MR) is 112 cm³/mol. The second-order valence-electron chi connectivity index (χ2n) is 6.93. The van der Waals surface area contributed by atoms with Crippen molar-refractivity contribution in [3.05, 3.63) is 88.9 Å². The zero-order valence-corrected chi connectivity index (χ0v) is 15.6. The fraction of sp³-hybridized carbons (Fsp3) is 0.0417. The highest BCUT2D eigenvalue weighted by molar-refractivity contribution is 6.30. The molecule has 28 heavy (non-hydrogen) atoms. The number of rotatable bonds is 2. The summed E-state index contributed by atoms with van der Waals surface area (Å²) in [5.74, 6) is 0.444. The number of aromatic hydroxyl groups is 2. The van der Waals surface area contributed by atoms with Gasteiger partial charge in [-0.05, 0) is 58.7 Å². The third-order valence-electron chi connectivity index (χ3n) is 5.13. The number of fused-ring (bicyclic) bond motifs is 3. The van der Waals surface area contributed by atoms with Crippen LogP contribution in [0.4, 0.5) is 0 Å². The second kappa shape index (κ2) is 6.39. The molecule has 1 heterocycles. The van der Waals surface area contributed by atoms with Gasteiger partial charge >= 0.3 is 0 Å². The Morgan fingerprint density at radius 2 is 1.61 bits per heavy atom. The van der Waals surface area contributed by atoms with E-state index in [9.17, 15) is 10.2 Å². The molecule has 0 unspecified atom stereocenters. The third kappa shape index (κ3) is 2.72. The van der Waals surface area contributed by atoms with E-state index in [4.69, 9.17) is 16.6 Å². The van der Waals surface area contributed by atoms with Crippen molar-refractivity contribution in [2.75, 3.05) is 0 Å². The summed E-state index contributed by atoms with van der Waals surface area (Å²) < 4.78 is 0. The van der Waals surface area contributed by atoms with E-state index < -0.39 is 0 Å². The molecule has 4 heteroatoms. The Morgan fingerprint density at radius 1 is 0.821 bits per heavy atom. The molecular formula is C24H16ClNO2. The Balaban J connectivity index is 1.82. The van der Waals surface area contributed by atoms with Gasteiger partial charge in [0.2, 0.25) is 0 Å². The number of hydrogen-bond donors (Lipinski definition) is 2. The van der Waals surface area contributed by atoms with Gasteiger partial charge in [0.25, 0.3) is 0 Å². The minimum Gasteiger partial charge on any atom is -0.508 e. The van der Waals surface area contributed by atoms with Gasteiger partial charge in [-0.3, -0.25) is 0 Å². The molecule has 0 saturated heterocycles. The standard InChI is InChI=1S/C24H16ClNO2/c25-17-7-1-5-15(10-17)21-13-19(14-4-2-8-18(27)11-14)20-12-16-6-3-9-22(28)23(16)24(20)26-21/h1-11,13,27-28H,12H2. The zero-order valence-electron chi connectivity index (χ0n) is 14.9. The van der Waals surface area contributed by atoms with Crippen molar-refractivity contribution in [3.63, 3.8) is 0 Å². The summed E-state index contributed by atoms with van der Waals surface area (Å²) in [6.07, 6.45) is 0.687. The Hall–Kier alpha value is -3.30. The third-order valence-corrected chi connectivity index (χ3v) is 5.37. The molecule has 0 atom stereocenters. The van der Waals surface area contributed by atoms with Crippen molar-refractivity contribution >= 4 is 11.6 Å². The van der Waals surface area contributed by atoms with E-state index >= 15 is 0 Å². The number of nitrogens with zero attached hydrogens (tertiary/aromatic N) is 1. The number of pyridine rings is 1. The van der Waals surface area contributed by atoms with Gasteiger partial charge < -0.3 is 10.2 Å². The Labute approximate surface area is 167 Å². The number of benzene rings is 3. The summed E-state index contributed by atoms with van der Waals surface area (Å²) in [6.45, 7) is 0. The monoisotopic (exact) mass is 385 g/mol. The highest BCUT2D eigenvalue weighted by Gasteiger charge is 2.27. The summed E-state index contributed by atoms with van der Waals surface area (Å²) in [5.41, 5.74) is 7.24. The molecule has 1 aliphatic carbocycles. The summed E-state index contributed by atoms with van der Waals surface area (Å²) >= 11 is 6.20. The fourth-order valence-electron chi connectivity index (χ4n) is 3.88. The smallest absolute Gasteiger partial charge is 0.125 e. The molecule has 5 rings (SSSR count). The Bertz CT molecular complexity index is 1230. The minimum atomic E-state index is 0.214. The fourth-order valence-corrected chi connectivity index (χ4v) is 4.07. The minimum absolute atomic E-state index is 0.214. The zero-order chi connectivity index (χ0) is 19.3. The molecule has 0 spiro atoms. The lowest BCUT2D eigenvalue weighted by molar-refractivity contribution is 0.475. The van der Waals surface area contributed by atoms with Crippen LogP contribution in [0.2, 0.25) is 5.02 Å². The number of aromatic nitrogens is 1. The van der Waals surface area contributed by atoms with Crippen LogP contribution in [0.15, 0.2) is 72.8 Å². The number of phenols is 2. The molecule has 1 aromatic heterocycles. The van der Waals surface area contributed by atoms with Crippen LogP contribution in [-0.2, 0) is 6.42 Å². The molecule has 136 valence electrons. The molecule has 0 bridgehead atoms. The van der Waals surface area contributed by atoms with Gasteiger partial charge in [0.05, 0.1) is 11.4 Å². The van der Waals surface area contributed by atoms with Crippen molar-refractivity contribution in [1.29, 1.82) is 0 Å². The Kier molecular flexibility index (Phi) is 3.85. The van der Waals surface area contributed by atoms with Gasteiger partial charge in [-0.2, -0.15) is 0 Å².